The third kappa shape index (κ3) is 2.28. The lowest BCUT2D eigenvalue weighted by Crippen LogP contribution is -2.05. The zero-order valence-electron chi connectivity index (χ0n) is 8.18. The minimum absolute atomic E-state index is 0.500. The first-order chi connectivity index (χ1) is 7.25. The topological polar surface area (TPSA) is 55.6 Å². The van der Waals surface area contributed by atoms with Gasteiger partial charge in [0.05, 0.1) is 6.54 Å². The van der Waals surface area contributed by atoms with Crippen molar-refractivity contribution in [3.05, 3.63) is 36.4 Å². The van der Waals surface area contributed by atoms with Gasteiger partial charge in [0.15, 0.2) is 5.82 Å². The molecule has 0 aliphatic rings. The van der Waals surface area contributed by atoms with Crippen LogP contribution in [0.3, 0.4) is 0 Å². The second-order valence-electron chi connectivity index (χ2n) is 3.08. The zero-order valence-corrected chi connectivity index (χ0v) is 8.18. The summed E-state index contributed by atoms with van der Waals surface area (Å²) in [5, 5.41) is 10.7. The largest absolute Gasteiger partial charge is 0.378 e. The number of aromatic nitrogens is 4. The highest BCUT2D eigenvalue weighted by atomic mass is 19.1. The molecule has 0 aromatic carbocycles. The molecule has 0 fully saturated rings. The van der Waals surface area contributed by atoms with Gasteiger partial charge in [-0.05, 0) is 6.07 Å². The quantitative estimate of drug-likeness (QED) is 0.762. The molecule has 0 saturated carbocycles. The molecule has 0 saturated heterocycles. The van der Waals surface area contributed by atoms with Crippen LogP contribution in [0.4, 0.5) is 10.1 Å². The third-order valence-electron chi connectivity index (χ3n) is 1.98. The highest BCUT2D eigenvalue weighted by Crippen LogP contribution is 2.07. The van der Waals surface area contributed by atoms with E-state index in [1.165, 1.54) is 12.3 Å². The van der Waals surface area contributed by atoms with Gasteiger partial charge in [0.2, 0.25) is 5.95 Å². The molecule has 15 heavy (non-hydrogen) atoms. The molecule has 5 nitrogen and oxygen atoms in total. The Morgan fingerprint density at radius 2 is 2.40 bits per heavy atom. The zero-order chi connectivity index (χ0) is 10.7. The average molecular weight is 207 g/mol. The second kappa shape index (κ2) is 4.04. The van der Waals surface area contributed by atoms with Crippen molar-refractivity contribution in [3.8, 4) is 0 Å². The number of halogens is 1. The van der Waals surface area contributed by atoms with Gasteiger partial charge in [-0.15, -0.1) is 10.2 Å². The monoisotopic (exact) mass is 207 g/mol. The van der Waals surface area contributed by atoms with Gasteiger partial charge >= 0.3 is 0 Å². The summed E-state index contributed by atoms with van der Waals surface area (Å²) < 4.78 is 14.5. The van der Waals surface area contributed by atoms with Crippen molar-refractivity contribution in [3.63, 3.8) is 0 Å². The summed E-state index contributed by atoms with van der Waals surface area (Å²) in [7, 11) is 1.85. The van der Waals surface area contributed by atoms with Gasteiger partial charge in [-0.1, -0.05) is 0 Å². The predicted molar refractivity (Wildman–Crippen MR) is 52.5 cm³/mol. The highest BCUT2D eigenvalue weighted by molar-refractivity contribution is 5.41. The van der Waals surface area contributed by atoms with E-state index >= 15 is 0 Å². The van der Waals surface area contributed by atoms with E-state index in [4.69, 9.17) is 0 Å². The Balaban J connectivity index is 2.02. The molecule has 0 bridgehead atoms. The SMILES string of the molecule is Cn1cnnc1CNc1ccnc(F)c1. The Morgan fingerprint density at radius 1 is 1.53 bits per heavy atom. The number of anilines is 1. The number of rotatable bonds is 3. The molecule has 0 aliphatic heterocycles. The molecule has 0 unspecified atom stereocenters. The summed E-state index contributed by atoms with van der Waals surface area (Å²) in [4.78, 5) is 3.46. The minimum Gasteiger partial charge on any atom is -0.378 e. The van der Waals surface area contributed by atoms with Crippen LogP contribution in [0, 0.1) is 5.95 Å². The predicted octanol–water partition coefficient (Wildman–Crippen LogP) is 0.961. The molecule has 0 radical (unpaired) electrons. The first-order valence-corrected chi connectivity index (χ1v) is 4.44. The van der Waals surface area contributed by atoms with E-state index in [1.807, 2.05) is 7.05 Å². The van der Waals surface area contributed by atoms with Crippen molar-refractivity contribution in [1.29, 1.82) is 0 Å². The molecular formula is C9H10FN5. The number of nitrogens with zero attached hydrogens (tertiary/aromatic N) is 4. The van der Waals surface area contributed by atoms with E-state index in [2.05, 4.69) is 20.5 Å². The van der Waals surface area contributed by atoms with Gasteiger partial charge in [-0.25, -0.2) is 4.98 Å². The van der Waals surface area contributed by atoms with Gasteiger partial charge in [-0.2, -0.15) is 4.39 Å². The molecule has 0 atom stereocenters. The normalized spacial score (nSPS) is 10.3. The van der Waals surface area contributed by atoms with Crippen LogP contribution in [0.5, 0.6) is 0 Å². The minimum atomic E-state index is -0.502. The van der Waals surface area contributed by atoms with Crippen molar-refractivity contribution in [2.45, 2.75) is 6.54 Å². The molecule has 0 aliphatic carbocycles. The summed E-state index contributed by atoms with van der Waals surface area (Å²) in [6.07, 6.45) is 3.03. The van der Waals surface area contributed by atoms with Crippen LogP contribution >= 0.6 is 0 Å². The maximum Gasteiger partial charge on any atom is 0.214 e. The van der Waals surface area contributed by atoms with E-state index in [1.54, 1.807) is 17.0 Å². The van der Waals surface area contributed by atoms with Crippen LogP contribution in [0.25, 0.3) is 0 Å². The van der Waals surface area contributed by atoms with Gasteiger partial charge in [0.25, 0.3) is 0 Å². The molecule has 2 aromatic heterocycles. The Morgan fingerprint density at radius 3 is 3.07 bits per heavy atom. The number of aryl methyl sites for hydroxylation is 1. The summed E-state index contributed by atoms with van der Waals surface area (Å²) in [5.74, 6) is 0.283. The maximum absolute atomic E-state index is 12.7. The van der Waals surface area contributed by atoms with Crippen molar-refractivity contribution >= 4 is 5.69 Å². The van der Waals surface area contributed by atoms with Gasteiger partial charge < -0.3 is 9.88 Å². The van der Waals surface area contributed by atoms with Gasteiger partial charge in [0, 0.05) is 25.0 Å². The second-order valence-corrected chi connectivity index (χ2v) is 3.08. The smallest absolute Gasteiger partial charge is 0.214 e. The lowest BCUT2D eigenvalue weighted by Gasteiger charge is -2.04. The summed E-state index contributed by atoms with van der Waals surface area (Å²) in [6, 6.07) is 3.02. The number of nitrogens with one attached hydrogen (secondary N) is 1. The lowest BCUT2D eigenvalue weighted by atomic mass is 10.4. The summed E-state index contributed by atoms with van der Waals surface area (Å²) >= 11 is 0. The van der Waals surface area contributed by atoms with Crippen LogP contribution in [0.1, 0.15) is 5.82 Å². The Kier molecular flexibility index (Phi) is 2.57. The highest BCUT2D eigenvalue weighted by Gasteiger charge is 2.00. The van der Waals surface area contributed by atoms with Crippen LogP contribution in [-0.4, -0.2) is 19.7 Å². The first-order valence-electron chi connectivity index (χ1n) is 4.44. The standard InChI is InChI=1S/C9H10FN5/c1-15-6-13-14-9(15)5-12-7-2-3-11-8(10)4-7/h2-4,6H,5H2,1H3,(H,11,12). The fraction of sp³-hybridized carbons (Fsp3) is 0.222. The van der Waals surface area contributed by atoms with E-state index in [0.717, 1.165) is 5.82 Å². The van der Waals surface area contributed by atoms with Crippen molar-refractivity contribution in [1.82, 2.24) is 19.7 Å². The molecular weight excluding hydrogens is 197 g/mol. The molecule has 0 spiro atoms. The molecule has 1 N–H and O–H groups in total. The van der Waals surface area contributed by atoms with Crippen LogP contribution < -0.4 is 5.32 Å². The number of hydrogen-bond acceptors (Lipinski definition) is 4. The maximum atomic E-state index is 12.7. The Labute approximate surface area is 86.0 Å². The lowest BCUT2D eigenvalue weighted by molar-refractivity contribution is 0.584. The number of hydrogen-bond donors (Lipinski definition) is 1. The third-order valence-corrected chi connectivity index (χ3v) is 1.98. The van der Waals surface area contributed by atoms with Crippen LogP contribution in [0.2, 0.25) is 0 Å². The van der Waals surface area contributed by atoms with Gasteiger partial charge in [0.1, 0.15) is 6.33 Å². The molecule has 78 valence electrons. The number of pyridine rings is 1. The average Bonchev–Trinajstić information content (AvgIpc) is 2.61. The summed E-state index contributed by atoms with van der Waals surface area (Å²) in [6.45, 7) is 0.500. The fourth-order valence-electron chi connectivity index (χ4n) is 1.16. The van der Waals surface area contributed by atoms with E-state index in [9.17, 15) is 4.39 Å². The van der Waals surface area contributed by atoms with Crippen molar-refractivity contribution in [2.24, 2.45) is 7.05 Å². The van der Waals surface area contributed by atoms with Crippen molar-refractivity contribution in [2.75, 3.05) is 5.32 Å². The van der Waals surface area contributed by atoms with E-state index < -0.39 is 5.95 Å². The first kappa shape index (κ1) is 9.57. The summed E-state index contributed by atoms with van der Waals surface area (Å²) in [5.41, 5.74) is 0.672. The molecule has 2 rings (SSSR count). The molecule has 0 amide bonds. The van der Waals surface area contributed by atoms with E-state index in [0.29, 0.717) is 12.2 Å². The van der Waals surface area contributed by atoms with Crippen LogP contribution in [0.15, 0.2) is 24.7 Å². The molecule has 2 aromatic rings. The fourth-order valence-corrected chi connectivity index (χ4v) is 1.16. The van der Waals surface area contributed by atoms with Crippen LogP contribution in [-0.2, 0) is 13.6 Å². The van der Waals surface area contributed by atoms with E-state index in [-0.39, 0.29) is 0 Å². The van der Waals surface area contributed by atoms with Crippen molar-refractivity contribution < 1.29 is 4.39 Å². The molecule has 2 heterocycles. The molecule has 6 heteroatoms. The van der Waals surface area contributed by atoms with Gasteiger partial charge in [-0.3, -0.25) is 0 Å². The Bertz CT molecular complexity index is 453. The Hall–Kier alpha value is -1.98.